The first-order valence-electron chi connectivity index (χ1n) is 13.2. The quantitative estimate of drug-likeness (QED) is 0.496. The average Bonchev–Trinajstić information content (AvgIpc) is 3.07. The second-order valence-corrected chi connectivity index (χ2v) is 9.76. The van der Waals surface area contributed by atoms with Gasteiger partial charge in [-0.25, -0.2) is 4.98 Å². The highest BCUT2D eigenvalue weighted by atomic mass is 16.2. The van der Waals surface area contributed by atoms with Gasteiger partial charge in [-0.3, -0.25) is 14.5 Å². The van der Waals surface area contributed by atoms with Gasteiger partial charge in [-0.2, -0.15) is 5.26 Å². The van der Waals surface area contributed by atoms with Crippen LogP contribution in [0.15, 0.2) is 60.8 Å². The van der Waals surface area contributed by atoms with Crippen LogP contribution in [0.5, 0.6) is 0 Å². The van der Waals surface area contributed by atoms with E-state index in [4.69, 9.17) is 0 Å². The number of pyridine rings is 1. The Morgan fingerprint density at radius 2 is 1.76 bits per heavy atom. The second kappa shape index (κ2) is 11.0. The maximum Gasteiger partial charge on any atom is 0.256 e. The molecular weight excluding hydrogens is 476 g/mol. The highest BCUT2D eigenvalue weighted by Crippen LogP contribution is 2.38. The first-order chi connectivity index (χ1) is 18.5. The van der Waals surface area contributed by atoms with Gasteiger partial charge in [-0.1, -0.05) is 50.2 Å². The van der Waals surface area contributed by atoms with Crippen LogP contribution in [0.4, 0.5) is 17.2 Å². The van der Waals surface area contributed by atoms with Crippen molar-refractivity contribution in [1.29, 1.82) is 5.26 Å². The molecule has 0 bridgehead atoms. The summed E-state index contributed by atoms with van der Waals surface area (Å²) in [6.07, 6.45) is 3.17. The van der Waals surface area contributed by atoms with Crippen LogP contribution in [0.3, 0.4) is 0 Å². The third-order valence-corrected chi connectivity index (χ3v) is 7.59. The number of nitrogens with one attached hydrogen (secondary N) is 2. The molecule has 0 aliphatic carbocycles. The molecule has 2 N–H and O–H groups in total. The molecule has 194 valence electrons. The fraction of sp³-hybridized carbons (Fsp3) is 0.333. The minimum Gasteiger partial charge on any atom is -0.353 e. The van der Waals surface area contributed by atoms with Gasteiger partial charge in [0.25, 0.3) is 5.91 Å². The Morgan fingerprint density at radius 3 is 2.47 bits per heavy atom. The SMILES string of the molecule is CCC(CC)C(=O)Nc1cnc(N2CCN(C3c4ccccc4NC(=O)c4ccccc43)CC2)c(C#N)c1. The number of carbonyl (C=O) groups excluding carboxylic acids is 2. The molecule has 3 aromatic rings. The van der Waals surface area contributed by atoms with E-state index < -0.39 is 0 Å². The normalized spacial score (nSPS) is 17.2. The molecule has 1 unspecified atom stereocenters. The molecule has 1 saturated heterocycles. The topological polar surface area (TPSA) is 101 Å². The summed E-state index contributed by atoms with van der Waals surface area (Å²) < 4.78 is 0. The molecule has 0 radical (unpaired) electrons. The van der Waals surface area contributed by atoms with E-state index in [1.54, 1.807) is 12.3 Å². The van der Waals surface area contributed by atoms with Crippen LogP contribution in [-0.4, -0.2) is 47.9 Å². The molecule has 0 saturated carbocycles. The third kappa shape index (κ3) is 4.85. The summed E-state index contributed by atoms with van der Waals surface area (Å²) in [5, 5.41) is 15.9. The van der Waals surface area contributed by atoms with Gasteiger partial charge >= 0.3 is 0 Å². The van der Waals surface area contributed by atoms with Crippen molar-refractivity contribution in [3.63, 3.8) is 0 Å². The number of amides is 2. The maximum atomic E-state index is 13.0. The lowest BCUT2D eigenvalue weighted by molar-refractivity contribution is -0.120. The number of carbonyl (C=O) groups is 2. The number of piperazine rings is 1. The second-order valence-electron chi connectivity index (χ2n) is 9.76. The van der Waals surface area contributed by atoms with Crippen LogP contribution in [0.25, 0.3) is 0 Å². The number of benzene rings is 2. The van der Waals surface area contributed by atoms with Crippen LogP contribution >= 0.6 is 0 Å². The first-order valence-corrected chi connectivity index (χ1v) is 13.2. The highest BCUT2D eigenvalue weighted by molar-refractivity contribution is 6.07. The lowest BCUT2D eigenvalue weighted by Gasteiger charge is -2.40. The largest absolute Gasteiger partial charge is 0.353 e. The molecule has 2 aliphatic heterocycles. The minimum absolute atomic E-state index is 0.0426. The van der Waals surface area contributed by atoms with Crippen molar-refractivity contribution in [3.05, 3.63) is 83.0 Å². The summed E-state index contributed by atoms with van der Waals surface area (Å²) in [5.41, 5.74) is 4.59. The number of nitrogens with zero attached hydrogens (tertiary/aromatic N) is 4. The molecule has 2 aromatic carbocycles. The Labute approximate surface area is 223 Å². The third-order valence-electron chi connectivity index (χ3n) is 7.59. The Morgan fingerprint density at radius 1 is 1.08 bits per heavy atom. The zero-order valence-electron chi connectivity index (χ0n) is 21.8. The Kier molecular flexibility index (Phi) is 7.38. The molecule has 8 heteroatoms. The summed E-state index contributed by atoms with van der Waals surface area (Å²) >= 11 is 0. The van der Waals surface area contributed by atoms with Crippen LogP contribution < -0.4 is 15.5 Å². The van der Waals surface area contributed by atoms with E-state index in [1.165, 1.54) is 0 Å². The van der Waals surface area contributed by atoms with Crippen molar-refractivity contribution < 1.29 is 9.59 Å². The number of nitriles is 1. The molecule has 0 spiro atoms. The van der Waals surface area contributed by atoms with Gasteiger partial charge in [-0.05, 0) is 42.2 Å². The lowest BCUT2D eigenvalue weighted by Crippen LogP contribution is -2.48. The van der Waals surface area contributed by atoms with Gasteiger partial charge in [-0.15, -0.1) is 0 Å². The molecule has 2 aliphatic rings. The number of anilines is 3. The Hall–Kier alpha value is -4.22. The number of hydrogen-bond donors (Lipinski definition) is 2. The van der Waals surface area contributed by atoms with Crippen molar-refractivity contribution >= 4 is 29.0 Å². The van der Waals surface area contributed by atoms with Crippen LogP contribution in [0.1, 0.15) is 59.8 Å². The summed E-state index contributed by atoms with van der Waals surface area (Å²) in [7, 11) is 0. The number of hydrogen-bond acceptors (Lipinski definition) is 6. The summed E-state index contributed by atoms with van der Waals surface area (Å²) in [6.45, 7) is 6.83. The molecule has 1 fully saturated rings. The van der Waals surface area contributed by atoms with Crippen molar-refractivity contribution in [2.75, 3.05) is 41.7 Å². The van der Waals surface area contributed by atoms with Gasteiger partial charge in [0, 0.05) is 43.3 Å². The number of para-hydroxylation sites is 1. The molecule has 3 heterocycles. The van der Waals surface area contributed by atoms with Crippen LogP contribution in [0.2, 0.25) is 0 Å². The molecular formula is C30H32N6O2. The average molecular weight is 509 g/mol. The van der Waals surface area contributed by atoms with Gasteiger partial charge in [0.2, 0.25) is 5.91 Å². The van der Waals surface area contributed by atoms with E-state index in [2.05, 4.69) is 37.6 Å². The minimum atomic E-state index is -0.0894. The van der Waals surface area contributed by atoms with E-state index in [-0.39, 0.29) is 23.8 Å². The van der Waals surface area contributed by atoms with E-state index in [9.17, 15) is 14.9 Å². The number of aromatic nitrogens is 1. The fourth-order valence-electron chi connectivity index (χ4n) is 5.50. The summed E-state index contributed by atoms with van der Waals surface area (Å²) in [4.78, 5) is 34.6. The summed E-state index contributed by atoms with van der Waals surface area (Å²) in [6, 6.07) is 19.7. The first kappa shape index (κ1) is 25.4. The predicted molar refractivity (Wildman–Crippen MR) is 148 cm³/mol. The molecule has 8 nitrogen and oxygen atoms in total. The maximum absolute atomic E-state index is 13.0. The number of rotatable bonds is 6. The lowest BCUT2D eigenvalue weighted by atomic mass is 9.93. The number of fused-ring (bicyclic) bond motifs is 2. The van der Waals surface area contributed by atoms with E-state index in [0.29, 0.717) is 35.7 Å². The van der Waals surface area contributed by atoms with Crippen molar-refractivity contribution in [1.82, 2.24) is 9.88 Å². The Bertz CT molecular complexity index is 1390. The molecule has 1 aromatic heterocycles. The van der Waals surface area contributed by atoms with Gasteiger partial charge in [0.05, 0.1) is 23.5 Å². The zero-order chi connectivity index (χ0) is 26.6. The monoisotopic (exact) mass is 508 g/mol. The van der Waals surface area contributed by atoms with Gasteiger partial charge in [0.15, 0.2) is 0 Å². The van der Waals surface area contributed by atoms with Crippen LogP contribution in [0, 0.1) is 17.2 Å². The van der Waals surface area contributed by atoms with Crippen LogP contribution in [-0.2, 0) is 4.79 Å². The molecule has 38 heavy (non-hydrogen) atoms. The zero-order valence-corrected chi connectivity index (χ0v) is 21.8. The molecule has 5 rings (SSSR count). The van der Waals surface area contributed by atoms with Crippen molar-refractivity contribution in [2.24, 2.45) is 5.92 Å². The molecule has 2 amide bonds. The standard InChI is InChI=1S/C30H32N6O2/c1-3-20(4-2)29(37)33-22-17-21(18-31)28(32-19-22)36-15-13-35(14-16-36)27-23-9-5-6-10-24(23)30(38)34-26-12-8-7-11-25(26)27/h5-12,17,19-20,27H,3-4,13-16H2,1-2H3,(H,33,37)(H,34,38). The summed E-state index contributed by atoms with van der Waals surface area (Å²) in [5.74, 6) is 0.441. The molecule has 1 atom stereocenters. The predicted octanol–water partition coefficient (Wildman–Crippen LogP) is 4.81. The van der Waals surface area contributed by atoms with Gasteiger partial charge < -0.3 is 15.5 Å². The van der Waals surface area contributed by atoms with E-state index >= 15 is 0 Å². The van der Waals surface area contributed by atoms with E-state index in [0.717, 1.165) is 42.7 Å². The van der Waals surface area contributed by atoms with Gasteiger partial charge in [0.1, 0.15) is 11.9 Å². The Balaban J connectivity index is 1.36. The van der Waals surface area contributed by atoms with Crippen molar-refractivity contribution in [3.8, 4) is 6.07 Å². The highest BCUT2D eigenvalue weighted by Gasteiger charge is 2.33. The van der Waals surface area contributed by atoms with E-state index in [1.807, 2.05) is 56.3 Å². The fourth-order valence-corrected chi connectivity index (χ4v) is 5.50. The van der Waals surface area contributed by atoms with Crippen molar-refractivity contribution in [2.45, 2.75) is 32.7 Å². The smallest absolute Gasteiger partial charge is 0.256 e.